The second-order valence-electron chi connectivity index (χ2n) is 6.96. The lowest BCUT2D eigenvalue weighted by molar-refractivity contribution is 0.0596. The second-order valence-corrected chi connectivity index (χ2v) is 7.93. The number of unbranched alkanes of at least 4 members (excludes halogenated alkanes) is 1. The molecule has 0 aliphatic rings. The van der Waals surface area contributed by atoms with Crippen molar-refractivity contribution < 1.29 is 9.53 Å². The molecule has 0 saturated heterocycles. The number of ether oxygens (including phenoxy) is 1. The van der Waals surface area contributed by atoms with Crippen LogP contribution in [0.25, 0.3) is 0 Å². The Morgan fingerprint density at radius 3 is 2.29 bits per heavy atom. The lowest BCUT2D eigenvalue weighted by Gasteiger charge is -2.16. The Kier molecular flexibility index (Phi) is 8.72. The molecule has 162 valence electrons. The molecule has 1 aromatic heterocycles. The molecule has 0 aliphatic heterocycles. The Bertz CT molecular complexity index is 903. The minimum atomic E-state index is -0.453. The second kappa shape index (κ2) is 12.0. The fourth-order valence-electron chi connectivity index (χ4n) is 2.92. The van der Waals surface area contributed by atoms with Gasteiger partial charge >= 0.3 is 5.97 Å². The summed E-state index contributed by atoms with van der Waals surface area (Å²) in [6, 6.07) is 20.1. The highest BCUT2D eigenvalue weighted by Gasteiger charge is 2.22. The van der Waals surface area contributed by atoms with Crippen LogP contribution in [0, 0.1) is 0 Å². The lowest BCUT2D eigenvalue weighted by atomic mass is 10.2. The summed E-state index contributed by atoms with van der Waals surface area (Å²) in [5, 5.41) is 7.19. The van der Waals surface area contributed by atoms with Crippen molar-refractivity contribution in [3.63, 3.8) is 0 Å². The van der Waals surface area contributed by atoms with Gasteiger partial charge in [0.25, 0.3) is 0 Å². The van der Waals surface area contributed by atoms with Crippen molar-refractivity contribution in [1.29, 1.82) is 0 Å². The number of anilines is 2. The van der Waals surface area contributed by atoms with Gasteiger partial charge < -0.3 is 15.4 Å². The Morgan fingerprint density at radius 2 is 1.65 bits per heavy atom. The molecule has 2 aromatic carbocycles. The third-order valence-corrected chi connectivity index (χ3v) is 5.65. The third-order valence-electron chi connectivity index (χ3n) is 4.60. The van der Waals surface area contributed by atoms with Crippen molar-refractivity contribution in [3.05, 3.63) is 77.4 Å². The summed E-state index contributed by atoms with van der Waals surface area (Å²) in [4.78, 5) is 21.9. The molecule has 7 heteroatoms. The van der Waals surface area contributed by atoms with Crippen LogP contribution >= 0.6 is 11.8 Å². The number of aromatic nitrogens is 2. The van der Waals surface area contributed by atoms with Crippen molar-refractivity contribution in [2.45, 2.75) is 37.1 Å². The van der Waals surface area contributed by atoms with E-state index in [9.17, 15) is 4.79 Å². The zero-order valence-corrected chi connectivity index (χ0v) is 18.7. The van der Waals surface area contributed by atoms with E-state index in [0.717, 1.165) is 30.5 Å². The highest BCUT2D eigenvalue weighted by atomic mass is 32.2. The Morgan fingerprint density at radius 1 is 0.968 bits per heavy atom. The summed E-state index contributed by atoms with van der Waals surface area (Å²) in [5.74, 6) is 1.22. The van der Waals surface area contributed by atoms with E-state index in [1.54, 1.807) is 0 Å². The summed E-state index contributed by atoms with van der Waals surface area (Å²) in [6.07, 6.45) is 2.09. The van der Waals surface area contributed by atoms with Gasteiger partial charge in [-0.2, -0.15) is 4.98 Å². The van der Waals surface area contributed by atoms with E-state index in [-0.39, 0.29) is 0 Å². The first kappa shape index (κ1) is 22.6. The summed E-state index contributed by atoms with van der Waals surface area (Å²) >= 11 is 1.50. The molecule has 2 N–H and O–H groups in total. The molecule has 3 rings (SSSR count). The first-order valence-corrected chi connectivity index (χ1v) is 11.4. The molecule has 0 amide bonds. The highest BCUT2D eigenvalue weighted by Crippen LogP contribution is 2.30. The van der Waals surface area contributed by atoms with Crippen molar-refractivity contribution in [3.8, 4) is 0 Å². The van der Waals surface area contributed by atoms with Crippen LogP contribution in [0.3, 0.4) is 0 Å². The van der Waals surface area contributed by atoms with Crippen LogP contribution in [0.2, 0.25) is 0 Å². The number of methoxy groups -OCH3 is 1. The van der Waals surface area contributed by atoms with Gasteiger partial charge in [-0.1, -0.05) is 74.0 Å². The Hall–Kier alpha value is -3.06. The van der Waals surface area contributed by atoms with E-state index >= 15 is 0 Å². The van der Waals surface area contributed by atoms with Gasteiger partial charge in [-0.3, -0.25) is 0 Å². The molecule has 3 aromatic rings. The van der Waals surface area contributed by atoms with Crippen LogP contribution < -0.4 is 10.6 Å². The van der Waals surface area contributed by atoms with Crippen molar-refractivity contribution in [2.24, 2.45) is 0 Å². The maximum atomic E-state index is 12.7. The zero-order chi connectivity index (χ0) is 21.9. The van der Waals surface area contributed by atoms with Crippen LogP contribution in [0.1, 0.15) is 41.3 Å². The summed E-state index contributed by atoms with van der Waals surface area (Å²) in [7, 11) is 1.38. The molecule has 0 unspecified atom stereocenters. The normalized spacial score (nSPS) is 10.5. The number of rotatable bonds is 11. The molecule has 0 atom stereocenters. The molecule has 0 aliphatic carbocycles. The van der Waals surface area contributed by atoms with Gasteiger partial charge in [-0.05, 0) is 17.5 Å². The van der Waals surface area contributed by atoms with E-state index in [0.29, 0.717) is 34.7 Å². The topological polar surface area (TPSA) is 76.1 Å². The standard InChI is InChI=1S/C24H28N4O2S/c1-3-4-15-25-24-27-21(26-16-18-11-7-5-8-12-18)20(23(29)30-2)22(28-24)31-17-19-13-9-6-10-14-19/h5-14H,3-4,15-17H2,1-2H3,(H2,25,26,27,28). The number of nitrogens with one attached hydrogen (secondary N) is 2. The molecule has 0 bridgehead atoms. The first-order valence-electron chi connectivity index (χ1n) is 10.4. The number of carbonyl (C=O) groups is 1. The number of hydrogen-bond donors (Lipinski definition) is 2. The largest absolute Gasteiger partial charge is 0.465 e. The molecular formula is C24H28N4O2S. The van der Waals surface area contributed by atoms with E-state index in [1.165, 1.54) is 18.9 Å². The molecular weight excluding hydrogens is 408 g/mol. The molecule has 1 heterocycles. The summed E-state index contributed by atoms with van der Waals surface area (Å²) in [6.45, 7) is 3.45. The smallest absolute Gasteiger partial charge is 0.344 e. The minimum Gasteiger partial charge on any atom is -0.465 e. The summed E-state index contributed by atoms with van der Waals surface area (Å²) in [5.41, 5.74) is 2.61. The van der Waals surface area contributed by atoms with Gasteiger partial charge in [-0.25, -0.2) is 9.78 Å². The molecule has 31 heavy (non-hydrogen) atoms. The predicted molar refractivity (Wildman–Crippen MR) is 127 cm³/mol. The van der Waals surface area contributed by atoms with Crippen LogP contribution in [-0.4, -0.2) is 29.6 Å². The minimum absolute atomic E-state index is 0.361. The fraction of sp³-hybridized carbons (Fsp3) is 0.292. The predicted octanol–water partition coefficient (Wildman–Crippen LogP) is 5.38. The van der Waals surface area contributed by atoms with E-state index in [2.05, 4.69) is 39.7 Å². The maximum Gasteiger partial charge on any atom is 0.344 e. The van der Waals surface area contributed by atoms with E-state index in [1.807, 2.05) is 48.5 Å². The van der Waals surface area contributed by atoms with Crippen molar-refractivity contribution >= 4 is 29.5 Å². The van der Waals surface area contributed by atoms with E-state index in [4.69, 9.17) is 4.74 Å². The van der Waals surface area contributed by atoms with Gasteiger partial charge in [0.1, 0.15) is 16.4 Å². The average molecular weight is 437 g/mol. The lowest BCUT2D eigenvalue weighted by Crippen LogP contribution is -2.15. The van der Waals surface area contributed by atoms with Crippen LogP contribution in [0.5, 0.6) is 0 Å². The van der Waals surface area contributed by atoms with E-state index < -0.39 is 5.97 Å². The maximum absolute atomic E-state index is 12.7. The average Bonchev–Trinajstić information content (AvgIpc) is 2.82. The SMILES string of the molecule is CCCCNc1nc(NCc2ccccc2)c(C(=O)OC)c(SCc2ccccc2)n1. The number of carbonyl (C=O) groups excluding carboxylic acids is 1. The first-order chi connectivity index (χ1) is 15.2. The third kappa shape index (κ3) is 6.72. The van der Waals surface area contributed by atoms with Crippen molar-refractivity contribution in [1.82, 2.24) is 9.97 Å². The molecule has 6 nitrogen and oxygen atoms in total. The van der Waals surface area contributed by atoms with Gasteiger partial charge in [0.05, 0.1) is 7.11 Å². The monoisotopic (exact) mass is 436 g/mol. The number of esters is 1. The van der Waals surface area contributed by atoms with Gasteiger partial charge in [0, 0.05) is 18.8 Å². The summed E-state index contributed by atoms with van der Waals surface area (Å²) < 4.78 is 5.07. The van der Waals surface area contributed by atoms with Crippen molar-refractivity contribution in [2.75, 3.05) is 24.3 Å². The number of hydrogen-bond acceptors (Lipinski definition) is 7. The van der Waals surface area contributed by atoms with Gasteiger partial charge in [-0.15, -0.1) is 11.8 Å². The van der Waals surface area contributed by atoms with Gasteiger partial charge in [0.2, 0.25) is 5.95 Å². The molecule has 0 radical (unpaired) electrons. The Labute approximate surface area is 187 Å². The van der Waals surface area contributed by atoms with Crippen LogP contribution in [-0.2, 0) is 17.0 Å². The molecule has 0 spiro atoms. The Balaban J connectivity index is 1.91. The zero-order valence-electron chi connectivity index (χ0n) is 17.9. The molecule has 0 fully saturated rings. The highest BCUT2D eigenvalue weighted by molar-refractivity contribution is 7.98. The van der Waals surface area contributed by atoms with Crippen LogP contribution in [0.4, 0.5) is 11.8 Å². The fourth-order valence-corrected chi connectivity index (χ4v) is 3.89. The van der Waals surface area contributed by atoms with Crippen LogP contribution in [0.15, 0.2) is 65.7 Å². The number of thioether (sulfide) groups is 1. The molecule has 0 saturated carbocycles. The quantitative estimate of drug-likeness (QED) is 0.181. The number of nitrogens with zero attached hydrogens (tertiary/aromatic N) is 2. The van der Waals surface area contributed by atoms with Gasteiger partial charge in [0.15, 0.2) is 0 Å². The number of benzene rings is 2.